The average Bonchev–Trinajstić information content (AvgIpc) is 1.93. The van der Waals surface area contributed by atoms with Crippen molar-refractivity contribution in [2.75, 3.05) is 0 Å². The monoisotopic (exact) mass is 160 g/mol. The van der Waals surface area contributed by atoms with Gasteiger partial charge in [-0.3, -0.25) is 0 Å². The lowest BCUT2D eigenvalue weighted by atomic mass is 10.0. The van der Waals surface area contributed by atoms with Crippen LogP contribution in [0.4, 0.5) is 0 Å². The lowest BCUT2D eigenvalue weighted by Crippen LogP contribution is -2.29. The van der Waals surface area contributed by atoms with E-state index in [1.54, 1.807) is 19.1 Å². The maximum absolute atomic E-state index is 9.17. The number of aliphatic hydroxyl groups is 2. The third-order valence-electron chi connectivity index (χ3n) is 1.55. The predicted octanol–water partition coefficient (Wildman–Crippen LogP) is 0.791. The Morgan fingerprint density at radius 1 is 1.30 bits per heavy atom. The van der Waals surface area contributed by atoms with Gasteiger partial charge in [0.1, 0.15) is 12.2 Å². The molecule has 2 N–H and O–H groups in total. The van der Waals surface area contributed by atoms with Crippen molar-refractivity contribution >= 4 is 11.6 Å². The largest absolute Gasteiger partial charge is 0.386 e. The third-order valence-corrected chi connectivity index (χ3v) is 1.90. The molecule has 0 aromatic heterocycles. The van der Waals surface area contributed by atoms with E-state index in [-0.39, 0.29) is 5.03 Å². The summed E-state index contributed by atoms with van der Waals surface area (Å²) in [6.07, 6.45) is 1.51. The van der Waals surface area contributed by atoms with Gasteiger partial charge in [-0.1, -0.05) is 17.7 Å². The molecule has 1 aliphatic carbocycles. The highest BCUT2D eigenvalue weighted by molar-refractivity contribution is 6.30. The van der Waals surface area contributed by atoms with E-state index in [2.05, 4.69) is 0 Å². The molecule has 0 aromatic rings. The zero-order valence-electron chi connectivity index (χ0n) is 5.58. The van der Waals surface area contributed by atoms with Gasteiger partial charge in [0, 0.05) is 5.03 Å². The van der Waals surface area contributed by atoms with Crippen LogP contribution < -0.4 is 0 Å². The average molecular weight is 161 g/mol. The Morgan fingerprint density at radius 2 is 1.90 bits per heavy atom. The van der Waals surface area contributed by atoms with Gasteiger partial charge < -0.3 is 10.2 Å². The summed E-state index contributed by atoms with van der Waals surface area (Å²) in [7, 11) is 0. The van der Waals surface area contributed by atoms with Gasteiger partial charge in [0.15, 0.2) is 0 Å². The molecule has 1 aliphatic rings. The molecule has 0 saturated carbocycles. The maximum atomic E-state index is 9.17. The van der Waals surface area contributed by atoms with Crippen molar-refractivity contribution in [3.8, 4) is 0 Å². The maximum Gasteiger partial charge on any atom is 0.119 e. The van der Waals surface area contributed by atoms with E-state index in [4.69, 9.17) is 16.7 Å². The fraction of sp³-hybridized carbons (Fsp3) is 0.429. The molecular formula is C7H9ClO2. The van der Waals surface area contributed by atoms with Gasteiger partial charge in [0.2, 0.25) is 0 Å². The fourth-order valence-electron chi connectivity index (χ4n) is 0.808. The van der Waals surface area contributed by atoms with Crippen LogP contribution in [0.25, 0.3) is 0 Å². The number of rotatable bonds is 0. The van der Waals surface area contributed by atoms with E-state index in [0.717, 1.165) is 5.57 Å². The van der Waals surface area contributed by atoms with E-state index in [1.165, 1.54) is 0 Å². The zero-order chi connectivity index (χ0) is 7.72. The predicted molar refractivity (Wildman–Crippen MR) is 39.7 cm³/mol. The molecule has 0 saturated heterocycles. The van der Waals surface area contributed by atoms with Gasteiger partial charge in [-0.25, -0.2) is 0 Å². The molecule has 0 amide bonds. The first-order chi connectivity index (χ1) is 4.63. The summed E-state index contributed by atoms with van der Waals surface area (Å²) in [4.78, 5) is 0. The molecule has 3 heteroatoms. The van der Waals surface area contributed by atoms with Crippen molar-refractivity contribution in [2.24, 2.45) is 0 Å². The molecule has 0 unspecified atom stereocenters. The summed E-state index contributed by atoms with van der Waals surface area (Å²) in [5.74, 6) is 0. The van der Waals surface area contributed by atoms with Crippen LogP contribution in [0.2, 0.25) is 0 Å². The zero-order valence-corrected chi connectivity index (χ0v) is 6.34. The van der Waals surface area contributed by atoms with Crippen LogP contribution in [-0.2, 0) is 0 Å². The van der Waals surface area contributed by atoms with E-state index >= 15 is 0 Å². The van der Waals surface area contributed by atoms with Gasteiger partial charge in [-0.15, -0.1) is 0 Å². The minimum atomic E-state index is -0.938. The normalized spacial score (nSPS) is 33.2. The lowest BCUT2D eigenvalue weighted by Gasteiger charge is -2.20. The highest BCUT2D eigenvalue weighted by Gasteiger charge is 2.22. The Hall–Kier alpha value is -0.310. The van der Waals surface area contributed by atoms with Crippen LogP contribution in [0.1, 0.15) is 6.92 Å². The summed E-state index contributed by atoms with van der Waals surface area (Å²) in [5.41, 5.74) is 0.733. The molecule has 0 aromatic carbocycles. The van der Waals surface area contributed by atoms with Crippen LogP contribution in [0.5, 0.6) is 0 Å². The number of hydrogen-bond donors (Lipinski definition) is 2. The highest BCUT2D eigenvalue weighted by atomic mass is 35.5. The minimum absolute atomic E-state index is 0.290. The smallest absolute Gasteiger partial charge is 0.119 e. The lowest BCUT2D eigenvalue weighted by molar-refractivity contribution is 0.0686. The second-order valence-electron chi connectivity index (χ2n) is 2.35. The highest BCUT2D eigenvalue weighted by Crippen LogP contribution is 2.21. The molecule has 2 nitrogen and oxygen atoms in total. The molecule has 0 radical (unpaired) electrons. The third kappa shape index (κ3) is 1.24. The van der Waals surface area contributed by atoms with Gasteiger partial charge in [0.05, 0.1) is 0 Å². The molecule has 0 fully saturated rings. The molecule has 0 bridgehead atoms. The fourth-order valence-corrected chi connectivity index (χ4v) is 0.990. The molecule has 0 heterocycles. The van der Waals surface area contributed by atoms with Crippen molar-refractivity contribution in [1.29, 1.82) is 0 Å². The van der Waals surface area contributed by atoms with Crippen LogP contribution in [-0.4, -0.2) is 22.4 Å². The molecule has 1 rings (SSSR count). The van der Waals surface area contributed by atoms with E-state index in [1.807, 2.05) is 0 Å². The SMILES string of the molecule is CC1=CC=C(Cl)[C@@H](O)[C@H]1O. The summed E-state index contributed by atoms with van der Waals surface area (Å²) >= 11 is 5.53. The number of aliphatic hydroxyl groups excluding tert-OH is 2. The Morgan fingerprint density at radius 3 is 2.40 bits per heavy atom. The molecule has 2 atom stereocenters. The number of allylic oxidation sites excluding steroid dienone is 2. The minimum Gasteiger partial charge on any atom is -0.386 e. The Bertz CT molecular complexity index is 174. The quantitative estimate of drug-likeness (QED) is 0.550. The molecule has 0 aliphatic heterocycles. The second-order valence-corrected chi connectivity index (χ2v) is 2.79. The molecule has 0 spiro atoms. The van der Waals surface area contributed by atoms with E-state index in [0.29, 0.717) is 0 Å². The van der Waals surface area contributed by atoms with E-state index in [9.17, 15) is 5.11 Å². The van der Waals surface area contributed by atoms with Gasteiger partial charge in [0.25, 0.3) is 0 Å². The standard InChI is InChI=1S/C7H9ClO2/c1-4-2-3-5(8)7(10)6(4)9/h2-3,6-7,9-10H,1H3/t6-,7+/m0/s1. The van der Waals surface area contributed by atoms with E-state index < -0.39 is 12.2 Å². The number of halogens is 1. The second kappa shape index (κ2) is 2.74. The van der Waals surface area contributed by atoms with Crippen LogP contribution in [0.3, 0.4) is 0 Å². The molecule has 56 valence electrons. The molecular weight excluding hydrogens is 152 g/mol. The summed E-state index contributed by atoms with van der Waals surface area (Å²) in [6, 6.07) is 0. The van der Waals surface area contributed by atoms with Gasteiger partial charge in [-0.2, -0.15) is 0 Å². The summed E-state index contributed by atoms with van der Waals surface area (Å²) < 4.78 is 0. The first-order valence-corrected chi connectivity index (χ1v) is 3.40. The Balaban J connectivity index is 2.86. The molecule has 10 heavy (non-hydrogen) atoms. The van der Waals surface area contributed by atoms with Crippen LogP contribution in [0.15, 0.2) is 22.8 Å². The van der Waals surface area contributed by atoms with Crippen LogP contribution in [0, 0.1) is 0 Å². The van der Waals surface area contributed by atoms with Crippen molar-refractivity contribution in [2.45, 2.75) is 19.1 Å². The summed E-state index contributed by atoms with van der Waals surface area (Å²) in [5, 5.41) is 18.6. The topological polar surface area (TPSA) is 40.5 Å². The van der Waals surface area contributed by atoms with Gasteiger partial charge in [-0.05, 0) is 18.6 Å². The summed E-state index contributed by atoms with van der Waals surface area (Å²) in [6.45, 7) is 1.74. The van der Waals surface area contributed by atoms with Crippen molar-refractivity contribution < 1.29 is 10.2 Å². The van der Waals surface area contributed by atoms with Crippen molar-refractivity contribution in [3.63, 3.8) is 0 Å². The van der Waals surface area contributed by atoms with Crippen molar-refractivity contribution in [3.05, 3.63) is 22.8 Å². The first kappa shape index (κ1) is 7.79. The Kier molecular flexibility index (Phi) is 2.14. The van der Waals surface area contributed by atoms with Crippen molar-refractivity contribution in [1.82, 2.24) is 0 Å². The number of hydrogen-bond acceptors (Lipinski definition) is 2. The van der Waals surface area contributed by atoms with Crippen LogP contribution >= 0.6 is 11.6 Å². The first-order valence-electron chi connectivity index (χ1n) is 3.03. The Labute approximate surface area is 64.4 Å². The van der Waals surface area contributed by atoms with Gasteiger partial charge >= 0.3 is 0 Å².